The maximum Gasteiger partial charge on any atom is 0.573 e. The lowest BCUT2D eigenvalue weighted by Crippen LogP contribution is -2.27. The fourth-order valence-corrected chi connectivity index (χ4v) is 3.04. The van der Waals surface area contributed by atoms with Crippen LogP contribution in [0.2, 0.25) is 0 Å². The largest absolute Gasteiger partial charge is 0.573 e. The lowest BCUT2D eigenvalue weighted by Gasteiger charge is -2.12. The molecule has 2 unspecified atom stereocenters. The smallest absolute Gasteiger partial charge is 0.479 e. The number of carbonyl (C=O) groups is 3. The molecule has 2 aromatic carbocycles. The van der Waals surface area contributed by atoms with E-state index >= 15 is 0 Å². The number of aliphatic carboxylic acids is 2. The summed E-state index contributed by atoms with van der Waals surface area (Å²) >= 11 is 0. The summed E-state index contributed by atoms with van der Waals surface area (Å²) in [5.41, 5.74) is -2.14. The molecule has 0 spiro atoms. The number of hydrogen-bond donors (Lipinski definition) is 4. The highest BCUT2D eigenvalue weighted by Crippen LogP contribution is 2.31. The van der Waals surface area contributed by atoms with Crippen molar-refractivity contribution < 1.29 is 56.7 Å². The van der Waals surface area contributed by atoms with Gasteiger partial charge in [0, 0.05) is 0 Å². The lowest BCUT2D eigenvalue weighted by atomic mass is 10.0. The molecule has 0 aliphatic carbocycles. The molecule has 2 atom stereocenters. The second-order valence-electron chi connectivity index (χ2n) is 6.56. The number of alkyl halides is 3. The Balaban J connectivity index is 1.87. The predicted molar refractivity (Wildman–Crippen MR) is 100 cm³/mol. The zero-order valence-corrected chi connectivity index (χ0v) is 16.1. The van der Waals surface area contributed by atoms with E-state index in [1.165, 1.54) is 18.2 Å². The van der Waals surface area contributed by atoms with Crippen molar-refractivity contribution in [1.82, 2.24) is 0 Å². The van der Waals surface area contributed by atoms with E-state index in [0.717, 1.165) is 24.3 Å². The van der Waals surface area contributed by atoms with Crippen molar-refractivity contribution in [2.24, 2.45) is 0 Å². The normalized spacial score (nSPS) is 18.2. The van der Waals surface area contributed by atoms with E-state index in [1.807, 2.05) is 5.32 Å². The van der Waals surface area contributed by atoms with E-state index < -0.39 is 65.0 Å². The highest BCUT2D eigenvalue weighted by atomic mass is 19.4. The van der Waals surface area contributed by atoms with Gasteiger partial charge in [0.05, 0.1) is 16.8 Å². The van der Waals surface area contributed by atoms with Crippen LogP contribution in [0.4, 0.5) is 23.2 Å². The fourth-order valence-electron chi connectivity index (χ4n) is 3.04. The first-order chi connectivity index (χ1) is 15.4. The van der Waals surface area contributed by atoms with Gasteiger partial charge in [-0.05, 0) is 35.4 Å². The number of anilines is 1. The SMILES string of the molecule is O=C(O)C1=C(C(=O)Nc2ccc(-c3cccc(OC(F)(F)F)c3)cc2F)C(O)OC1C(=O)O. The number of rotatable bonds is 6. The Labute approximate surface area is 181 Å². The van der Waals surface area contributed by atoms with Crippen molar-refractivity contribution in [2.75, 3.05) is 5.32 Å². The zero-order valence-electron chi connectivity index (χ0n) is 16.1. The van der Waals surface area contributed by atoms with E-state index in [2.05, 4.69) is 9.47 Å². The van der Waals surface area contributed by atoms with Gasteiger partial charge in [-0.15, -0.1) is 13.2 Å². The molecule has 4 N–H and O–H groups in total. The quantitative estimate of drug-likeness (QED) is 0.471. The minimum atomic E-state index is -4.92. The van der Waals surface area contributed by atoms with Crippen molar-refractivity contribution >= 4 is 23.5 Å². The minimum Gasteiger partial charge on any atom is -0.479 e. The van der Waals surface area contributed by atoms with Crippen LogP contribution >= 0.6 is 0 Å². The third kappa shape index (κ3) is 5.27. The molecule has 0 aromatic heterocycles. The number of halogens is 4. The highest BCUT2D eigenvalue weighted by molar-refractivity contribution is 6.12. The van der Waals surface area contributed by atoms with Crippen LogP contribution in [0, 0.1) is 5.82 Å². The van der Waals surface area contributed by atoms with Crippen LogP contribution in [0.1, 0.15) is 0 Å². The van der Waals surface area contributed by atoms with Gasteiger partial charge in [0.1, 0.15) is 11.6 Å². The minimum absolute atomic E-state index is 0.124. The fraction of sp³-hybridized carbons (Fsp3) is 0.150. The number of benzene rings is 2. The standard InChI is InChI=1S/C20H13F4NO8/c21-11-7-9(8-2-1-3-10(6-8)33-20(22,23)24)4-5-12(11)25-16(26)14-13(17(27)28)15(18(29)30)32-19(14)31/h1-7,15,19,31H,(H,25,26)(H,27,28)(H,29,30). The molecule has 1 amide bonds. The van der Waals surface area contributed by atoms with Crippen LogP contribution in [0.3, 0.4) is 0 Å². The molecule has 3 rings (SSSR count). The molecule has 13 heteroatoms. The summed E-state index contributed by atoms with van der Waals surface area (Å²) in [4.78, 5) is 34.9. The molecule has 1 heterocycles. The van der Waals surface area contributed by atoms with Crippen molar-refractivity contribution in [3.8, 4) is 16.9 Å². The zero-order chi connectivity index (χ0) is 24.5. The predicted octanol–water partition coefficient (Wildman–Crippen LogP) is 2.51. The molecule has 1 aliphatic rings. The Bertz CT molecular complexity index is 1160. The van der Waals surface area contributed by atoms with Crippen molar-refractivity contribution in [3.63, 3.8) is 0 Å². The Morgan fingerprint density at radius 2 is 1.67 bits per heavy atom. The number of carboxylic acids is 2. The Morgan fingerprint density at radius 3 is 2.24 bits per heavy atom. The van der Waals surface area contributed by atoms with Gasteiger partial charge in [-0.3, -0.25) is 4.79 Å². The van der Waals surface area contributed by atoms with Gasteiger partial charge < -0.3 is 30.1 Å². The molecule has 0 bridgehead atoms. The number of amides is 1. The summed E-state index contributed by atoms with van der Waals surface area (Å²) < 4.78 is 60.1. The topological polar surface area (TPSA) is 142 Å². The number of ether oxygens (including phenoxy) is 2. The summed E-state index contributed by atoms with van der Waals surface area (Å²) in [5, 5.41) is 30.0. The van der Waals surface area contributed by atoms with Crippen LogP contribution in [-0.4, -0.2) is 51.9 Å². The Morgan fingerprint density at radius 1 is 1.00 bits per heavy atom. The first-order valence-corrected chi connectivity index (χ1v) is 8.88. The van der Waals surface area contributed by atoms with Gasteiger partial charge in [-0.25, -0.2) is 14.0 Å². The van der Waals surface area contributed by atoms with Crippen molar-refractivity contribution in [3.05, 3.63) is 59.4 Å². The molecule has 0 fully saturated rings. The molecule has 9 nitrogen and oxygen atoms in total. The molecular weight excluding hydrogens is 458 g/mol. The Kier molecular flexibility index (Phi) is 6.37. The maximum absolute atomic E-state index is 14.6. The average molecular weight is 471 g/mol. The number of nitrogens with one attached hydrogen (secondary N) is 1. The molecule has 0 saturated carbocycles. The highest BCUT2D eigenvalue weighted by Gasteiger charge is 2.44. The molecule has 2 aromatic rings. The van der Waals surface area contributed by atoms with E-state index in [4.69, 9.17) is 5.11 Å². The van der Waals surface area contributed by atoms with Crippen molar-refractivity contribution in [2.45, 2.75) is 18.8 Å². The van der Waals surface area contributed by atoms with Crippen LogP contribution in [0.5, 0.6) is 5.75 Å². The van der Waals surface area contributed by atoms with Crippen LogP contribution in [0.25, 0.3) is 11.1 Å². The second kappa shape index (κ2) is 8.88. The summed E-state index contributed by atoms with van der Waals surface area (Å²) in [6.07, 6.45) is -9.22. The monoisotopic (exact) mass is 471 g/mol. The summed E-state index contributed by atoms with van der Waals surface area (Å²) in [6, 6.07) is 7.88. The van der Waals surface area contributed by atoms with Gasteiger partial charge in [-0.1, -0.05) is 18.2 Å². The first kappa shape index (κ1) is 23.7. The van der Waals surface area contributed by atoms with Gasteiger partial charge in [-0.2, -0.15) is 0 Å². The second-order valence-corrected chi connectivity index (χ2v) is 6.56. The molecule has 33 heavy (non-hydrogen) atoms. The first-order valence-electron chi connectivity index (χ1n) is 8.88. The molecular formula is C20H13F4NO8. The van der Waals surface area contributed by atoms with Crippen LogP contribution in [0.15, 0.2) is 53.6 Å². The number of hydrogen-bond acceptors (Lipinski definition) is 6. The number of aliphatic hydroxyl groups excluding tert-OH is 1. The number of aliphatic hydroxyl groups is 1. The molecule has 0 saturated heterocycles. The van der Waals surface area contributed by atoms with Gasteiger partial charge in [0.2, 0.25) is 0 Å². The molecule has 1 aliphatic heterocycles. The van der Waals surface area contributed by atoms with Gasteiger partial charge in [0.25, 0.3) is 5.91 Å². The summed E-state index contributed by atoms with van der Waals surface area (Å²) in [5.74, 6) is -6.50. The van der Waals surface area contributed by atoms with E-state index in [9.17, 15) is 42.2 Å². The van der Waals surface area contributed by atoms with E-state index in [1.54, 1.807) is 0 Å². The van der Waals surface area contributed by atoms with E-state index in [-0.39, 0.29) is 11.1 Å². The van der Waals surface area contributed by atoms with Crippen LogP contribution in [-0.2, 0) is 19.1 Å². The molecule has 0 radical (unpaired) electrons. The van der Waals surface area contributed by atoms with Gasteiger partial charge >= 0.3 is 18.3 Å². The number of carbonyl (C=O) groups excluding carboxylic acids is 1. The molecule has 174 valence electrons. The third-order valence-electron chi connectivity index (χ3n) is 4.38. The maximum atomic E-state index is 14.6. The number of carboxylic acid groups (broad SMARTS) is 2. The lowest BCUT2D eigenvalue weighted by molar-refractivity contribution is -0.274. The van der Waals surface area contributed by atoms with Crippen LogP contribution < -0.4 is 10.1 Å². The summed E-state index contributed by atoms with van der Waals surface area (Å²) in [6.45, 7) is 0. The third-order valence-corrected chi connectivity index (χ3v) is 4.38. The average Bonchev–Trinajstić information content (AvgIpc) is 3.06. The summed E-state index contributed by atoms with van der Waals surface area (Å²) in [7, 11) is 0. The van der Waals surface area contributed by atoms with E-state index in [0.29, 0.717) is 0 Å². The van der Waals surface area contributed by atoms with Gasteiger partial charge in [0.15, 0.2) is 12.4 Å². The van der Waals surface area contributed by atoms with Crippen molar-refractivity contribution in [1.29, 1.82) is 0 Å². The Hall–Kier alpha value is -3.97.